The first-order chi connectivity index (χ1) is 11.7. The van der Waals surface area contributed by atoms with Gasteiger partial charge < -0.3 is 14.8 Å². The molecule has 24 heavy (non-hydrogen) atoms. The van der Waals surface area contributed by atoms with Gasteiger partial charge in [-0.25, -0.2) is 0 Å². The molecular formula is C20H25NO3. The van der Waals surface area contributed by atoms with Gasteiger partial charge >= 0.3 is 0 Å². The predicted molar refractivity (Wildman–Crippen MR) is 89.9 cm³/mol. The number of amides is 1. The highest BCUT2D eigenvalue weighted by molar-refractivity contribution is 5.76. The molecule has 4 aliphatic carbocycles. The molecule has 4 nitrogen and oxygen atoms in total. The van der Waals surface area contributed by atoms with Crippen molar-refractivity contribution in [3.05, 3.63) is 23.8 Å². The Morgan fingerprint density at radius 1 is 1.00 bits per heavy atom. The van der Waals surface area contributed by atoms with E-state index in [-0.39, 0.29) is 5.91 Å². The Kier molecular flexibility index (Phi) is 3.46. The second-order valence-corrected chi connectivity index (χ2v) is 8.21. The third-order valence-electron chi connectivity index (χ3n) is 6.63. The van der Waals surface area contributed by atoms with Crippen LogP contribution in [0.5, 0.6) is 11.5 Å². The molecule has 6 rings (SSSR count). The van der Waals surface area contributed by atoms with Crippen LogP contribution in [0, 0.1) is 23.7 Å². The number of aryl methyl sites for hydroxylation is 1. The number of rotatable bonds is 4. The van der Waals surface area contributed by atoms with E-state index in [4.69, 9.17) is 9.47 Å². The molecule has 4 heteroatoms. The summed E-state index contributed by atoms with van der Waals surface area (Å²) >= 11 is 0. The molecule has 0 radical (unpaired) electrons. The molecule has 4 bridgehead atoms. The van der Waals surface area contributed by atoms with E-state index in [0.717, 1.165) is 47.2 Å². The van der Waals surface area contributed by atoms with Crippen LogP contribution in [0.25, 0.3) is 0 Å². The number of hydrogen-bond donors (Lipinski definition) is 1. The first kappa shape index (κ1) is 14.6. The molecule has 128 valence electrons. The van der Waals surface area contributed by atoms with E-state index >= 15 is 0 Å². The van der Waals surface area contributed by atoms with Crippen molar-refractivity contribution in [3.63, 3.8) is 0 Å². The Bertz CT molecular complexity index is 628. The number of carbonyl (C=O) groups excluding carboxylic acids is 1. The van der Waals surface area contributed by atoms with Crippen LogP contribution in [-0.4, -0.2) is 18.7 Å². The normalized spacial score (nSPS) is 35.2. The van der Waals surface area contributed by atoms with Gasteiger partial charge in [0.05, 0.1) is 0 Å². The molecule has 5 aliphatic rings. The third-order valence-corrected chi connectivity index (χ3v) is 6.63. The van der Waals surface area contributed by atoms with Crippen LogP contribution in [0.2, 0.25) is 0 Å². The van der Waals surface area contributed by atoms with Gasteiger partial charge in [0.25, 0.3) is 0 Å². The van der Waals surface area contributed by atoms with E-state index in [1.165, 1.54) is 32.1 Å². The smallest absolute Gasteiger partial charge is 0.231 e. The zero-order chi connectivity index (χ0) is 16.1. The SMILES string of the molecule is O=C(CCc1ccc2c(c1)OCO2)NC1C2CC3CC(C2)CC1C3. The average Bonchev–Trinajstić information content (AvgIpc) is 3.03. The number of ether oxygens (including phenoxy) is 2. The van der Waals surface area contributed by atoms with Gasteiger partial charge in [-0.2, -0.15) is 0 Å². The van der Waals surface area contributed by atoms with Crippen LogP contribution in [-0.2, 0) is 11.2 Å². The topological polar surface area (TPSA) is 47.6 Å². The Hall–Kier alpha value is -1.71. The van der Waals surface area contributed by atoms with Gasteiger partial charge in [0.15, 0.2) is 11.5 Å². The monoisotopic (exact) mass is 327 g/mol. The molecule has 1 amide bonds. The molecule has 0 unspecified atom stereocenters. The maximum atomic E-state index is 12.5. The summed E-state index contributed by atoms with van der Waals surface area (Å²) in [7, 11) is 0. The van der Waals surface area contributed by atoms with Crippen molar-refractivity contribution in [2.45, 2.75) is 51.0 Å². The lowest BCUT2D eigenvalue weighted by molar-refractivity contribution is -0.125. The van der Waals surface area contributed by atoms with E-state index in [1.54, 1.807) is 0 Å². The fourth-order valence-corrected chi connectivity index (χ4v) is 5.77. The molecule has 0 aromatic heterocycles. The van der Waals surface area contributed by atoms with Gasteiger partial charge in [-0.15, -0.1) is 0 Å². The summed E-state index contributed by atoms with van der Waals surface area (Å²) in [4.78, 5) is 12.5. The summed E-state index contributed by atoms with van der Waals surface area (Å²) in [6.45, 7) is 0.297. The number of hydrogen-bond acceptors (Lipinski definition) is 3. The minimum absolute atomic E-state index is 0.213. The Morgan fingerprint density at radius 2 is 1.71 bits per heavy atom. The molecule has 1 heterocycles. The van der Waals surface area contributed by atoms with Gasteiger partial charge in [-0.3, -0.25) is 4.79 Å². The van der Waals surface area contributed by atoms with Crippen molar-refractivity contribution < 1.29 is 14.3 Å². The third kappa shape index (κ3) is 2.56. The molecule has 4 saturated carbocycles. The van der Waals surface area contributed by atoms with E-state index in [1.807, 2.05) is 18.2 Å². The number of nitrogens with one attached hydrogen (secondary N) is 1. The maximum absolute atomic E-state index is 12.5. The minimum Gasteiger partial charge on any atom is -0.454 e. The van der Waals surface area contributed by atoms with Crippen molar-refractivity contribution in [2.75, 3.05) is 6.79 Å². The largest absolute Gasteiger partial charge is 0.454 e. The fourth-order valence-electron chi connectivity index (χ4n) is 5.77. The van der Waals surface area contributed by atoms with E-state index in [0.29, 0.717) is 19.3 Å². The summed E-state index contributed by atoms with van der Waals surface area (Å²) in [5.41, 5.74) is 1.14. The van der Waals surface area contributed by atoms with Crippen LogP contribution in [0.4, 0.5) is 0 Å². The maximum Gasteiger partial charge on any atom is 0.231 e. The summed E-state index contributed by atoms with van der Waals surface area (Å²) in [5, 5.41) is 3.39. The van der Waals surface area contributed by atoms with Crippen LogP contribution in [0.1, 0.15) is 44.1 Å². The molecule has 1 aliphatic heterocycles. The van der Waals surface area contributed by atoms with Crippen LogP contribution >= 0.6 is 0 Å². The number of carbonyl (C=O) groups is 1. The molecule has 1 aromatic rings. The van der Waals surface area contributed by atoms with Gasteiger partial charge in [-0.1, -0.05) is 6.07 Å². The Labute approximate surface area is 142 Å². The molecule has 0 spiro atoms. The van der Waals surface area contributed by atoms with Crippen LogP contribution in [0.3, 0.4) is 0 Å². The average molecular weight is 327 g/mol. The van der Waals surface area contributed by atoms with Gasteiger partial charge in [0.2, 0.25) is 12.7 Å². The molecule has 0 atom stereocenters. The number of benzene rings is 1. The first-order valence-electron chi connectivity index (χ1n) is 9.42. The second-order valence-electron chi connectivity index (χ2n) is 8.21. The van der Waals surface area contributed by atoms with Crippen molar-refractivity contribution >= 4 is 5.91 Å². The zero-order valence-corrected chi connectivity index (χ0v) is 14.0. The highest BCUT2D eigenvalue weighted by Crippen LogP contribution is 2.53. The van der Waals surface area contributed by atoms with Crippen LogP contribution in [0.15, 0.2) is 18.2 Å². The number of fused-ring (bicyclic) bond motifs is 1. The lowest BCUT2D eigenvalue weighted by Crippen LogP contribution is -2.55. The van der Waals surface area contributed by atoms with Gasteiger partial charge in [-0.05, 0) is 79.9 Å². The fraction of sp³-hybridized carbons (Fsp3) is 0.650. The molecule has 1 aromatic carbocycles. The second kappa shape index (κ2) is 5.68. The van der Waals surface area contributed by atoms with Gasteiger partial charge in [0, 0.05) is 12.5 Å². The molecule has 0 saturated heterocycles. The van der Waals surface area contributed by atoms with E-state index in [2.05, 4.69) is 5.32 Å². The summed E-state index contributed by atoms with van der Waals surface area (Å²) < 4.78 is 10.7. The van der Waals surface area contributed by atoms with E-state index < -0.39 is 0 Å². The van der Waals surface area contributed by atoms with Crippen LogP contribution < -0.4 is 14.8 Å². The molecule has 4 fully saturated rings. The highest BCUT2D eigenvalue weighted by atomic mass is 16.7. The predicted octanol–water partition coefficient (Wildman–Crippen LogP) is 3.29. The van der Waals surface area contributed by atoms with Crippen molar-refractivity contribution in [3.8, 4) is 11.5 Å². The summed E-state index contributed by atoms with van der Waals surface area (Å²) in [5.74, 6) is 5.21. The Balaban J connectivity index is 1.18. The summed E-state index contributed by atoms with van der Waals surface area (Å²) in [6, 6.07) is 6.41. The van der Waals surface area contributed by atoms with E-state index in [9.17, 15) is 4.79 Å². The van der Waals surface area contributed by atoms with Crippen molar-refractivity contribution in [2.24, 2.45) is 23.7 Å². The quantitative estimate of drug-likeness (QED) is 0.923. The standard InChI is InChI=1S/C20H25NO3/c22-19(4-2-12-1-3-17-18(10-12)24-11-23-17)21-20-15-6-13-5-14(8-15)9-16(20)7-13/h1,3,10,13-16,20H,2,4-9,11H2,(H,21,22). The van der Waals surface area contributed by atoms with Gasteiger partial charge in [0.1, 0.15) is 0 Å². The molecular weight excluding hydrogens is 302 g/mol. The zero-order valence-electron chi connectivity index (χ0n) is 14.0. The lowest BCUT2D eigenvalue weighted by atomic mass is 9.54. The molecule has 1 N–H and O–H groups in total. The van der Waals surface area contributed by atoms with Crippen molar-refractivity contribution in [1.29, 1.82) is 0 Å². The minimum atomic E-state index is 0.213. The first-order valence-corrected chi connectivity index (χ1v) is 9.42. The van der Waals surface area contributed by atoms with Crippen molar-refractivity contribution in [1.82, 2.24) is 5.32 Å². The highest BCUT2D eigenvalue weighted by Gasteiger charge is 2.48. The summed E-state index contributed by atoms with van der Waals surface area (Å²) in [6.07, 6.45) is 8.16. The lowest BCUT2D eigenvalue weighted by Gasteiger charge is -2.54. The Morgan fingerprint density at radius 3 is 2.46 bits per heavy atom.